The third-order valence-electron chi connectivity index (χ3n) is 5.25. The topological polar surface area (TPSA) is 32.3 Å². The molecule has 0 fully saturated rings. The van der Waals surface area contributed by atoms with E-state index in [0.29, 0.717) is 0 Å². The van der Waals surface area contributed by atoms with Gasteiger partial charge in [0.15, 0.2) is 0 Å². The number of benzene rings is 2. The Bertz CT molecular complexity index is 972. The van der Waals surface area contributed by atoms with Crippen molar-refractivity contribution in [1.29, 1.82) is 0 Å². The van der Waals surface area contributed by atoms with Gasteiger partial charge in [-0.2, -0.15) is 0 Å². The highest BCUT2D eigenvalue weighted by Gasteiger charge is 2.29. The second kappa shape index (κ2) is 7.06. The Labute approximate surface area is 167 Å². The van der Waals surface area contributed by atoms with Gasteiger partial charge in [-0.15, -0.1) is 23.1 Å². The van der Waals surface area contributed by atoms with Crippen molar-refractivity contribution in [2.45, 2.75) is 29.5 Å². The molecule has 1 atom stereocenters. The first-order chi connectivity index (χ1) is 13.3. The second-order valence-corrected chi connectivity index (χ2v) is 9.21. The van der Waals surface area contributed by atoms with E-state index in [1.165, 1.54) is 20.9 Å². The Balaban J connectivity index is 1.34. The largest absolute Gasteiger partial charge is 0.365 e. The smallest absolute Gasteiger partial charge is 0.238 e. The summed E-state index contributed by atoms with van der Waals surface area (Å²) in [4.78, 5) is 18.0. The number of thiophene rings is 1. The van der Waals surface area contributed by atoms with Crippen LogP contribution in [0.25, 0.3) is 0 Å². The predicted molar refractivity (Wildman–Crippen MR) is 114 cm³/mol. The summed E-state index contributed by atoms with van der Waals surface area (Å²) in [5.74, 6) is 0.0943. The highest BCUT2D eigenvalue weighted by molar-refractivity contribution is 8.01. The van der Waals surface area contributed by atoms with E-state index < -0.39 is 0 Å². The van der Waals surface area contributed by atoms with Crippen LogP contribution in [0, 0.1) is 0 Å². The third-order valence-corrected chi connectivity index (χ3v) is 7.59. The number of rotatable bonds is 3. The fraction of sp³-hybridized carbons (Fsp3) is 0.227. The number of carbonyl (C=O) groups is 1. The maximum atomic E-state index is 12.9. The van der Waals surface area contributed by atoms with Crippen molar-refractivity contribution in [2.24, 2.45) is 0 Å². The SMILES string of the molecule is O=C(Nc1ccccc1N1CCc2sccc2C1)C1Cc2ccccc2S1. The van der Waals surface area contributed by atoms with Crippen molar-refractivity contribution in [3.05, 3.63) is 76.0 Å². The normalized spacial score (nSPS) is 18.1. The molecule has 2 aliphatic heterocycles. The van der Waals surface area contributed by atoms with Crippen LogP contribution in [0.3, 0.4) is 0 Å². The first-order valence-corrected chi connectivity index (χ1v) is 11.0. The Morgan fingerprint density at radius 2 is 1.89 bits per heavy atom. The maximum Gasteiger partial charge on any atom is 0.238 e. The van der Waals surface area contributed by atoms with Gasteiger partial charge in [-0.05, 0) is 53.6 Å². The fourth-order valence-electron chi connectivity index (χ4n) is 3.85. The summed E-state index contributed by atoms with van der Waals surface area (Å²) < 4.78 is 0. The molecule has 3 aromatic rings. The van der Waals surface area contributed by atoms with E-state index in [1.807, 2.05) is 41.7 Å². The summed E-state index contributed by atoms with van der Waals surface area (Å²) in [5, 5.41) is 5.33. The monoisotopic (exact) mass is 392 g/mol. The molecular formula is C22H20N2OS2. The molecule has 0 bridgehead atoms. The molecule has 136 valence electrons. The van der Waals surface area contributed by atoms with Gasteiger partial charge in [0.05, 0.1) is 16.6 Å². The number of fused-ring (bicyclic) bond motifs is 2. The zero-order chi connectivity index (χ0) is 18.2. The van der Waals surface area contributed by atoms with Gasteiger partial charge in [0, 0.05) is 22.9 Å². The molecule has 2 aromatic carbocycles. The van der Waals surface area contributed by atoms with Gasteiger partial charge in [-0.25, -0.2) is 0 Å². The van der Waals surface area contributed by atoms with Crippen LogP contribution in [0.15, 0.2) is 64.9 Å². The molecule has 5 heteroatoms. The highest BCUT2D eigenvalue weighted by atomic mass is 32.2. The lowest BCUT2D eigenvalue weighted by Crippen LogP contribution is -2.31. The lowest BCUT2D eigenvalue weighted by atomic mass is 10.1. The lowest BCUT2D eigenvalue weighted by Gasteiger charge is -2.31. The van der Waals surface area contributed by atoms with E-state index in [1.54, 1.807) is 11.8 Å². The number of para-hydroxylation sites is 2. The number of amides is 1. The first-order valence-electron chi connectivity index (χ1n) is 9.22. The summed E-state index contributed by atoms with van der Waals surface area (Å²) in [6, 6.07) is 18.7. The minimum Gasteiger partial charge on any atom is -0.365 e. The third kappa shape index (κ3) is 3.26. The van der Waals surface area contributed by atoms with Crippen LogP contribution in [-0.4, -0.2) is 17.7 Å². The number of hydrogen-bond donors (Lipinski definition) is 1. The molecule has 5 rings (SSSR count). The van der Waals surface area contributed by atoms with Crippen LogP contribution in [0.4, 0.5) is 11.4 Å². The van der Waals surface area contributed by atoms with Crippen molar-refractivity contribution in [2.75, 3.05) is 16.8 Å². The quantitative estimate of drug-likeness (QED) is 0.683. The number of hydrogen-bond acceptors (Lipinski definition) is 4. The molecular weight excluding hydrogens is 372 g/mol. The molecule has 1 aromatic heterocycles. The zero-order valence-corrected chi connectivity index (χ0v) is 16.5. The number of thioether (sulfide) groups is 1. The van der Waals surface area contributed by atoms with Crippen molar-refractivity contribution in [3.63, 3.8) is 0 Å². The Hall–Kier alpha value is -2.24. The maximum absolute atomic E-state index is 12.9. The van der Waals surface area contributed by atoms with Crippen molar-refractivity contribution < 1.29 is 4.79 Å². The molecule has 0 saturated heterocycles. The number of anilines is 2. The minimum atomic E-state index is -0.0553. The standard InChI is InChI=1S/C22H20N2OS2/c25-22(21-13-15-5-1-4-8-20(15)27-21)23-17-6-2-3-7-18(17)24-11-9-19-16(14-24)10-12-26-19/h1-8,10,12,21H,9,11,13-14H2,(H,23,25). The van der Waals surface area contributed by atoms with E-state index in [2.05, 4.69) is 39.9 Å². The highest BCUT2D eigenvalue weighted by Crippen LogP contribution is 2.38. The Morgan fingerprint density at radius 1 is 1.04 bits per heavy atom. The molecule has 27 heavy (non-hydrogen) atoms. The molecule has 0 radical (unpaired) electrons. The summed E-state index contributed by atoms with van der Waals surface area (Å²) in [6.07, 6.45) is 1.87. The molecule has 1 unspecified atom stereocenters. The van der Waals surface area contributed by atoms with Gasteiger partial charge in [-0.1, -0.05) is 30.3 Å². The minimum absolute atomic E-state index is 0.0553. The summed E-state index contributed by atoms with van der Waals surface area (Å²) in [5.41, 5.74) is 4.71. The van der Waals surface area contributed by atoms with Gasteiger partial charge in [0.25, 0.3) is 0 Å². The average Bonchev–Trinajstić information content (AvgIpc) is 3.34. The average molecular weight is 393 g/mol. The van der Waals surface area contributed by atoms with E-state index in [-0.39, 0.29) is 11.2 Å². The van der Waals surface area contributed by atoms with E-state index in [9.17, 15) is 4.79 Å². The van der Waals surface area contributed by atoms with Crippen molar-refractivity contribution >= 4 is 40.4 Å². The molecule has 3 nitrogen and oxygen atoms in total. The fourth-order valence-corrected chi connectivity index (χ4v) is 5.94. The summed E-state index contributed by atoms with van der Waals surface area (Å²) in [6.45, 7) is 1.90. The predicted octanol–water partition coefficient (Wildman–Crippen LogP) is 4.97. The Kier molecular flexibility index (Phi) is 4.42. The van der Waals surface area contributed by atoms with Gasteiger partial charge in [0.1, 0.15) is 0 Å². The first kappa shape index (κ1) is 16.9. The molecule has 3 heterocycles. The van der Waals surface area contributed by atoms with Crippen LogP contribution in [0.1, 0.15) is 16.0 Å². The number of carbonyl (C=O) groups excluding carboxylic acids is 1. The van der Waals surface area contributed by atoms with Crippen LogP contribution in [-0.2, 0) is 24.2 Å². The van der Waals surface area contributed by atoms with Gasteiger partial charge >= 0.3 is 0 Å². The molecule has 0 saturated carbocycles. The summed E-state index contributed by atoms with van der Waals surface area (Å²) in [7, 11) is 0. The summed E-state index contributed by atoms with van der Waals surface area (Å²) >= 11 is 3.52. The number of nitrogens with one attached hydrogen (secondary N) is 1. The van der Waals surface area contributed by atoms with Gasteiger partial charge < -0.3 is 10.2 Å². The number of nitrogens with zero attached hydrogens (tertiary/aromatic N) is 1. The van der Waals surface area contributed by atoms with Crippen molar-refractivity contribution in [1.82, 2.24) is 0 Å². The van der Waals surface area contributed by atoms with Gasteiger partial charge in [-0.3, -0.25) is 4.79 Å². The molecule has 1 amide bonds. The van der Waals surface area contributed by atoms with E-state index in [4.69, 9.17) is 0 Å². The Morgan fingerprint density at radius 3 is 2.81 bits per heavy atom. The molecule has 1 N–H and O–H groups in total. The second-order valence-electron chi connectivity index (χ2n) is 6.97. The molecule has 0 aliphatic carbocycles. The zero-order valence-electron chi connectivity index (χ0n) is 14.9. The van der Waals surface area contributed by atoms with Crippen LogP contribution < -0.4 is 10.2 Å². The lowest BCUT2D eigenvalue weighted by molar-refractivity contribution is -0.115. The van der Waals surface area contributed by atoms with Crippen molar-refractivity contribution in [3.8, 4) is 0 Å². The van der Waals surface area contributed by atoms with Crippen LogP contribution in [0.2, 0.25) is 0 Å². The van der Waals surface area contributed by atoms with E-state index in [0.717, 1.165) is 37.3 Å². The van der Waals surface area contributed by atoms with E-state index >= 15 is 0 Å². The van der Waals surface area contributed by atoms with Crippen LogP contribution >= 0.6 is 23.1 Å². The van der Waals surface area contributed by atoms with Crippen LogP contribution in [0.5, 0.6) is 0 Å². The molecule has 0 spiro atoms. The molecule has 2 aliphatic rings. The van der Waals surface area contributed by atoms with Gasteiger partial charge in [0.2, 0.25) is 5.91 Å².